The molecule has 0 radical (unpaired) electrons. The van der Waals surface area contributed by atoms with Gasteiger partial charge in [-0.1, -0.05) is 54.6 Å². The van der Waals surface area contributed by atoms with Gasteiger partial charge in [-0.2, -0.15) is 13.2 Å². The summed E-state index contributed by atoms with van der Waals surface area (Å²) in [6, 6.07) is 26.8. The first-order valence-electron chi connectivity index (χ1n) is 14.9. The quantitative estimate of drug-likeness (QED) is 0.268. The first-order valence-corrected chi connectivity index (χ1v) is 14.9. The van der Waals surface area contributed by atoms with E-state index in [1.165, 1.54) is 12.1 Å². The highest BCUT2D eigenvalue weighted by molar-refractivity contribution is 5.92. The van der Waals surface area contributed by atoms with Crippen molar-refractivity contribution in [1.29, 1.82) is 0 Å². The standard InChI is InChI=1S/C34H34F3N5O2/c35-34(36,37)27-10-6-9-26(23-27)24-42-22-18-33(44-30-12-5-4-11-29(30)42)16-20-41(21-17-33)31-14-13-28(39-40-31)32(43)38-19-15-25-7-2-1-3-8-25/h1-14,23H,15-22,24H2,(H,38,43). The van der Waals surface area contributed by atoms with Crippen LogP contribution in [0.15, 0.2) is 91.0 Å². The molecule has 4 aromatic rings. The predicted octanol–water partition coefficient (Wildman–Crippen LogP) is 6.30. The van der Waals surface area contributed by atoms with Gasteiger partial charge in [0.2, 0.25) is 0 Å². The van der Waals surface area contributed by atoms with Crippen molar-refractivity contribution in [2.45, 2.75) is 44.0 Å². The van der Waals surface area contributed by atoms with Gasteiger partial charge in [0, 0.05) is 52.0 Å². The van der Waals surface area contributed by atoms with E-state index < -0.39 is 17.3 Å². The van der Waals surface area contributed by atoms with E-state index in [9.17, 15) is 18.0 Å². The van der Waals surface area contributed by atoms with Crippen LogP contribution in [0.3, 0.4) is 0 Å². The summed E-state index contributed by atoms with van der Waals surface area (Å²) >= 11 is 0. The number of carbonyl (C=O) groups is 1. The van der Waals surface area contributed by atoms with Crippen molar-refractivity contribution in [3.63, 3.8) is 0 Å². The monoisotopic (exact) mass is 601 g/mol. The molecular formula is C34H34F3N5O2. The lowest BCUT2D eigenvalue weighted by molar-refractivity contribution is -0.137. The number of anilines is 2. The molecule has 0 aliphatic carbocycles. The number of nitrogens with zero attached hydrogens (tertiary/aromatic N) is 4. The molecule has 44 heavy (non-hydrogen) atoms. The van der Waals surface area contributed by atoms with Crippen molar-refractivity contribution in [2.24, 2.45) is 0 Å². The number of piperidine rings is 1. The molecule has 1 spiro atoms. The van der Waals surface area contributed by atoms with Crippen molar-refractivity contribution < 1.29 is 22.7 Å². The lowest BCUT2D eigenvalue weighted by atomic mass is 9.87. The number of ether oxygens (including phenoxy) is 1. The van der Waals surface area contributed by atoms with E-state index in [1.807, 2.05) is 60.7 Å². The zero-order valence-electron chi connectivity index (χ0n) is 24.3. The number of aromatic nitrogens is 2. The maximum atomic E-state index is 13.3. The Bertz CT molecular complexity index is 1570. The summed E-state index contributed by atoms with van der Waals surface area (Å²) in [5.41, 5.74) is 1.88. The molecule has 2 aliphatic heterocycles. The fourth-order valence-corrected chi connectivity index (χ4v) is 5.94. The number of halogens is 3. The van der Waals surface area contributed by atoms with Crippen LogP contribution in [-0.2, 0) is 19.1 Å². The Labute approximate surface area is 254 Å². The molecule has 6 rings (SSSR count). The van der Waals surface area contributed by atoms with E-state index >= 15 is 0 Å². The molecule has 2 aliphatic rings. The molecule has 1 saturated heterocycles. The number of alkyl halides is 3. The topological polar surface area (TPSA) is 70.6 Å². The van der Waals surface area contributed by atoms with Crippen LogP contribution in [-0.4, -0.2) is 47.9 Å². The summed E-state index contributed by atoms with van der Waals surface area (Å²) < 4.78 is 46.7. The van der Waals surface area contributed by atoms with Gasteiger partial charge in [0.15, 0.2) is 11.5 Å². The summed E-state index contributed by atoms with van der Waals surface area (Å²) in [7, 11) is 0. The number of hydrogen-bond acceptors (Lipinski definition) is 6. The van der Waals surface area contributed by atoms with Crippen LogP contribution >= 0.6 is 0 Å². The minimum absolute atomic E-state index is 0.252. The predicted molar refractivity (Wildman–Crippen MR) is 163 cm³/mol. The van der Waals surface area contributed by atoms with Gasteiger partial charge in [-0.15, -0.1) is 10.2 Å². The largest absolute Gasteiger partial charge is 0.485 e. The van der Waals surface area contributed by atoms with Gasteiger partial charge < -0.3 is 19.9 Å². The Morgan fingerprint density at radius 3 is 2.32 bits per heavy atom. The molecule has 1 N–H and O–H groups in total. The summed E-state index contributed by atoms with van der Waals surface area (Å²) in [5.74, 6) is 1.20. The number of nitrogens with one attached hydrogen (secondary N) is 1. The van der Waals surface area contributed by atoms with E-state index in [-0.39, 0.29) is 11.6 Å². The molecule has 10 heteroatoms. The van der Waals surface area contributed by atoms with Crippen LogP contribution < -0.4 is 19.9 Å². The van der Waals surface area contributed by atoms with Gasteiger partial charge >= 0.3 is 6.18 Å². The number of rotatable bonds is 7. The summed E-state index contributed by atoms with van der Waals surface area (Å²) in [4.78, 5) is 16.8. The number of benzene rings is 3. The second-order valence-corrected chi connectivity index (χ2v) is 11.4. The van der Waals surface area contributed by atoms with Crippen molar-refractivity contribution in [3.8, 4) is 5.75 Å². The normalized spacial score (nSPS) is 16.2. The SMILES string of the molecule is O=C(NCCc1ccccc1)c1ccc(N2CCC3(CC2)CCN(Cc2cccc(C(F)(F)F)c2)c2ccccc2O3)nn1. The Morgan fingerprint density at radius 1 is 0.841 bits per heavy atom. The number of para-hydroxylation sites is 2. The third-order valence-corrected chi connectivity index (χ3v) is 8.42. The molecule has 3 aromatic carbocycles. The maximum absolute atomic E-state index is 13.3. The van der Waals surface area contributed by atoms with E-state index in [0.29, 0.717) is 44.1 Å². The van der Waals surface area contributed by atoms with Gasteiger partial charge in [0.25, 0.3) is 5.91 Å². The smallest absolute Gasteiger partial charge is 0.416 e. The highest BCUT2D eigenvalue weighted by Gasteiger charge is 2.40. The zero-order valence-corrected chi connectivity index (χ0v) is 24.3. The van der Waals surface area contributed by atoms with Crippen molar-refractivity contribution >= 4 is 17.4 Å². The Balaban J connectivity index is 1.07. The molecule has 1 fully saturated rings. The van der Waals surface area contributed by atoms with Gasteiger partial charge in [0.1, 0.15) is 11.4 Å². The molecule has 1 aromatic heterocycles. The van der Waals surface area contributed by atoms with Crippen LogP contribution in [0.4, 0.5) is 24.7 Å². The number of hydrogen-bond donors (Lipinski definition) is 1. The first-order chi connectivity index (χ1) is 21.3. The van der Waals surface area contributed by atoms with Crippen molar-refractivity contribution in [1.82, 2.24) is 15.5 Å². The van der Waals surface area contributed by atoms with Gasteiger partial charge in [-0.25, -0.2) is 0 Å². The molecule has 1 amide bonds. The van der Waals surface area contributed by atoms with E-state index in [4.69, 9.17) is 4.74 Å². The first kappa shape index (κ1) is 29.5. The van der Waals surface area contributed by atoms with Gasteiger partial charge in [-0.3, -0.25) is 4.79 Å². The molecule has 0 saturated carbocycles. The van der Waals surface area contributed by atoms with Crippen LogP contribution in [0, 0.1) is 0 Å². The van der Waals surface area contributed by atoms with Crippen LogP contribution in [0.1, 0.15) is 46.4 Å². The molecule has 0 bridgehead atoms. The number of fused-ring (bicyclic) bond motifs is 1. The summed E-state index contributed by atoms with van der Waals surface area (Å²) in [6.45, 7) is 2.93. The Kier molecular flexibility index (Phi) is 8.41. The third kappa shape index (κ3) is 6.79. The number of amides is 1. The van der Waals surface area contributed by atoms with E-state index in [0.717, 1.165) is 48.8 Å². The number of carbonyl (C=O) groups excluding carboxylic acids is 1. The minimum Gasteiger partial charge on any atom is -0.485 e. The molecular weight excluding hydrogens is 567 g/mol. The molecule has 3 heterocycles. The summed E-state index contributed by atoms with van der Waals surface area (Å²) in [6.07, 6.45) is -1.40. The fourth-order valence-electron chi connectivity index (χ4n) is 5.94. The van der Waals surface area contributed by atoms with E-state index in [1.54, 1.807) is 12.1 Å². The molecule has 228 valence electrons. The van der Waals surface area contributed by atoms with Crippen LogP contribution in [0.2, 0.25) is 0 Å². The van der Waals surface area contributed by atoms with E-state index in [2.05, 4.69) is 25.3 Å². The lowest BCUT2D eigenvalue weighted by Gasteiger charge is -2.41. The second-order valence-electron chi connectivity index (χ2n) is 11.4. The van der Waals surface area contributed by atoms with Crippen LogP contribution in [0.25, 0.3) is 0 Å². The zero-order chi connectivity index (χ0) is 30.6. The lowest BCUT2D eigenvalue weighted by Crippen LogP contribution is -2.49. The van der Waals surface area contributed by atoms with Crippen molar-refractivity contribution in [2.75, 3.05) is 36.0 Å². The average molecular weight is 602 g/mol. The highest BCUT2D eigenvalue weighted by Crippen LogP contribution is 2.41. The summed E-state index contributed by atoms with van der Waals surface area (Å²) in [5, 5.41) is 11.4. The Morgan fingerprint density at radius 2 is 1.57 bits per heavy atom. The molecule has 7 nitrogen and oxygen atoms in total. The fraction of sp³-hybridized carbons (Fsp3) is 0.324. The van der Waals surface area contributed by atoms with Gasteiger partial charge in [0.05, 0.1) is 11.3 Å². The van der Waals surface area contributed by atoms with Crippen molar-refractivity contribution in [3.05, 3.63) is 113 Å². The third-order valence-electron chi connectivity index (χ3n) is 8.42. The van der Waals surface area contributed by atoms with Gasteiger partial charge in [-0.05, 0) is 53.9 Å². The second kappa shape index (κ2) is 12.6. The molecule has 0 atom stereocenters. The average Bonchev–Trinajstić information content (AvgIpc) is 3.18. The highest BCUT2D eigenvalue weighted by atomic mass is 19.4. The maximum Gasteiger partial charge on any atom is 0.416 e. The Hall–Kier alpha value is -4.60. The molecule has 0 unspecified atom stereocenters. The van der Waals surface area contributed by atoms with Crippen LogP contribution in [0.5, 0.6) is 5.75 Å². The minimum atomic E-state index is -4.38.